The summed E-state index contributed by atoms with van der Waals surface area (Å²) in [6, 6.07) is 0.408. The van der Waals surface area contributed by atoms with E-state index in [2.05, 4.69) is 14.9 Å². The smallest absolute Gasteiger partial charge is 0.224 e. The molecular formula is C14H24N4O. The molecule has 1 unspecified atom stereocenters. The van der Waals surface area contributed by atoms with Crippen LogP contribution in [0, 0.1) is 0 Å². The Hall–Kier alpha value is -1.36. The second-order valence-electron chi connectivity index (χ2n) is 4.98. The van der Waals surface area contributed by atoms with Gasteiger partial charge in [-0.3, -0.25) is 4.79 Å². The standard InChI is InChI=1S/C14H24N4O/c1-3-17(4-2)14(19)7-9-18-11-15-10-13(18)12-6-5-8-16-12/h10-12,16H,3-9H2,1-2H3. The van der Waals surface area contributed by atoms with Gasteiger partial charge in [0.1, 0.15) is 0 Å². The molecule has 1 atom stereocenters. The van der Waals surface area contributed by atoms with Gasteiger partial charge in [-0.05, 0) is 33.2 Å². The Morgan fingerprint density at radius 3 is 2.95 bits per heavy atom. The fraction of sp³-hybridized carbons (Fsp3) is 0.714. The van der Waals surface area contributed by atoms with Crippen molar-refractivity contribution in [2.75, 3.05) is 19.6 Å². The van der Waals surface area contributed by atoms with Crippen molar-refractivity contribution in [1.82, 2.24) is 19.8 Å². The second kappa shape index (κ2) is 6.70. The molecular weight excluding hydrogens is 240 g/mol. The summed E-state index contributed by atoms with van der Waals surface area (Å²) in [6.07, 6.45) is 6.69. The molecule has 0 aliphatic carbocycles. The van der Waals surface area contributed by atoms with E-state index in [4.69, 9.17) is 0 Å². The molecule has 0 radical (unpaired) electrons. The topological polar surface area (TPSA) is 50.2 Å². The Morgan fingerprint density at radius 2 is 2.32 bits per heavy atom. The molecule has 1 aliphatic heterocycles. The highest BCUT2D eigenvalue weighted by Gasteiger charge is 2.20. The Bertz CT molecular complexity index is 405. The number of carbonyl (C=O) groups excluding carboxylic acids is 1. The van der Waals surface area contributed by atoms with Crippen LogP contribution in [0.1, 0.15) is 44.8 Å². The lowest BCUT2D eigenvalue weighted by atomic mass is 10.2. The first-order valence-corrected chi connectivity index (χ1v) is 7.27. The van der Waals surface area contributed by atoms with Crippen LogP contribution in [0.2, 0.25) is 0 Å². The molecule has 1 aliphatic rings. The first-order valence-electron chi connectivity index (χ1n) is 7.27. The van der Waals surface area contributed by atoms with Crippen molar-refractivity contribution in [2.24, 2.45) is 0 Å². The molecule has 1 aromatic heterocycles. The van der Waals surface area contributed by atoms with Crippen LogP contribution in [0.15, 0.2) is 12.5 Å². The number of nitrogens with one attached hydrogen (secondary N) is 1. The number of nitrogens with zero attached hydrogens (tertiary/aromatic N) is 3. The van der Waals surface area contributed by atoms with E-state index in [0.29, 0.717) is 12.5 Å². The predicted octanol–water partition coefficient (Wildman–Crippen LogP) is 1.57. The molecule has 0 saturated carbocycles. The zero-order valence-corrected chi connectivity index (χ0v) is 11.9. The van der Waals surface area contributed by atoms with Crippen LogP contribution >= 0.6 is 0 Å². The third-order valence-electron chi connectivity index (χ3n) is 3.84. The van der Waals surface area contributed by atoms with E-state index < -0.39 is 0 Å². The SMILES string of the molecule is CCN(CC)C(=O)CCn1cncc1C1CCCN1. The van der Waals surface area contributed by atoms with Crippen molar-refractivity contribution >= 4 is 5.91 Å². The highest BCUT2D eigenvalue weighted by molar-refractivity contribution is 5.76. The molecule has 1 saturated heterocycles. The van der Waals surface area contributed by atoms with E-state index >= 15 is 0 Å². The highest BCUT2D eigenvalue weighted by atomic mass is 16.2. The Morgan fingerprint density at radius 1 is 1.53 bits per heavy atom. The largest absolute Gasteiger partial charge is 0.343 e. The van der Waals surface area contributed by atoms with Crippen molar-refractivity contribution in [3.05, 3.63) is 18.2 Å². The van der Waals surface area contributed by atoms with Crippen molar-refractivity contribution < 1.29 is 4.79 Å². The quantitative estimate of drug-likeness (QED) is 0.848. The maximum Gasteiger partial charge on any atom is 0.224 e. The highest BCUT2D eigenvalue weighted by Crippen LogP contribution is 2.22. The molecule has 1 N–H and O–H groups in total. The Balaban J connectivity index is 1.92. The van der Waals surface area contributed by atoms with Crippen molar-refractivity contribution in [3.63, 3.8) is 0 Å². The van der Waals surface area contributed by atoms with Gasteiger partial charge in [0, 0.05) is 38.3 Å². The molecule has 5 nitrogen and oxygen atoms in total. The minimum Gasteiger partial charge on any atom is -0.343 e. The fourth-order valence-electron chi connectivity index (χ4n) is 2.70. The van der Waals surface area contributed by atoms with Gasteiger partial charge in [0.05, 0.1) is 12.0 Å². The first-order chi connectivity index (χ1) is 9.26. The maximum absolute atomic E-state index is 12.0. The number of hydrogen-bond acceptors (Lipinski definition) is 3. The van der Waals surface area contributed by atoms with Gasteiger partial charge in [0.25, 0.3) is 0 Å². The zero-order valence-electron chi connectivity index (χ0n) is 11.9. The fourth-order valence-corrected chi connectivity index (χ4v) is 2.70. The second-order valence-corrected chi connectivity index (χ2v) is 4.98. The number of imidazole rings is 1. The van der Waals surface area contributed by atoms with Gasteiger partial charge in [0.15, 0.2) is 0 Å². The molecule has 0 spiro atoms. The lowest BCUT2D eigenvalue weighted by Gasteiger charge is -2.19. The van der Waals surface area contributed by atoms with Crippen LogP contribution in [0.3, 0.4) is 0 Å². The van der Waals surface area contributed by atoms with Crippen LogP contribution < -0.4 is 5.32 Å². The maximum atomic E-state index is 12.0. The number of aromatic nitrogens is 2. The van der Waals surface area contributed by atoms with Gasteiger partial charge in [-0.25, -0.2) is 4.98 Å². The zero-order chi connectivity index (χ0) is 13.7. The summed E-state index contributed by atoms with van der Waals surface area (Å²) in [6.45, 7) is 7.42. The van der Waals surface area contributed by atoms with E-state index in [1.165, 1.54) is 12.1 Å². The molecule has 0 bridgehead atoms. The van der Waals surface area contributed by atoms with Gasteiger partial charge in [-0.2, -0.15) is 0 Å². The average Bonchev–Trinajstić information content (AvgIpc) is 3.08. The molecule has 1 fully saturated rings. The molecule has 0 aromatic carbocycles. The third-order valence-corrected chi connectivity index (χ3v) is 3.84. The van der Waals surface area contributed by atoms with Gasteiger partial charge >= 0.3 is 0 Å². The normalized spacial score (nSPS) is 18.7. The monoisotopic (exact) mass is 264 g/mol. The van der Waals surface area contributed by atoms with E-state index in [1.807, 2.05) is 31.3 Å². The molecule has 2 heterocycles. The number of amides is 1. The first kappa shape index (κ1) is 14.1. The number of rotatable bonds is 6. The molecule has 1 aromatic rings. The summed E-state index contributed by atoms with van der Waals surface area (Å²) < 4.78 is 2.12. The van der Waals surface area contributed by atoms with Gasteiger partial charge < -0.3 is 14.8 Å². The summed E-state index contributed by atoms with van der Waals surface area (Å²) in [5, 5.41) is 3.48. The Kier molecular flexibility index (Phi) is 4.96. The van der Waals surface area contributed by atoms with Crippen LogP contribution in [-0.4, -0.2) is 40.0 Å². The lowest BCUT2D eigenvalue weighted by Crippen LogP contribution is -2.31. The number of carbonyl (C=O) groups is 1. The molecule has 5 heteroatoms. The van der Waals surface area contributed by atoms with Crippen molar-refractivity contribution in [2.45, 2.75) is 45.7 Å². The van der Waals surface area contributed by atoms with Gasteiger partial charge in [-0.15, -0.1) is 0 Å². The van der Waals surface area contributed by atoms with Crippen LogP contribution in [0.25, 0.3) is 0 Å². The van der Waals surface area contributed by atoms with Crippen molar-refractivity contribution in [3.8, 4) is 0 Å². The predicted molar refractivity (Wildman–Crippen MR) is 74.7 cm³/mol. The summed E-state index contributed by atoms with van der Waals surface area (Å²) in [5.41, 5.74) is 1.21. The van der Waals surface area contributed by atoms with Gasteiger partial charge in [0.2, 0.25) is 5.91 Å². The summed E-state index contributed by atoms with van der Waals surface area (Å²) in [4.78, 5) is 18.1. The van der Waals surface area contributed by atoms with E-state index in [-0.39, 0.29) is 5.91 Å². The third kappa shape index (κ3) is 3.35. The van der Waals surface area contributed by atoms with E-state index in [0.717, 1.165) is 32.6 Å². The molecule has 1 amide bonds. The van der Waals surface area contributed by atoms with E-state index in [9.17, 15) is 4.79 Å². The lowest BCUT2D eigenvalue weighted by molar-refractivity contribution is -0.131. The Labute approximate surface area is 115 Å². The summed E-state index contributed by atoms with van der Waals surface area (Å²) in [5.74, 6) is 0.226. The van der Waals surface area contributed by atoms with E-state index in [1.54, 1.807) is 0 Å². The van der Waals surface area contributed by atoms with Crippen molar-refractivity contribution in [1.29, 1.82) is 0 Å². The van der Waals surface area contributed by atoms with Crippen LogP contribution in [0.5, 0.6) is 0 Å². The molecule has 2 rings (SSSR count). The number of hydrogen-bond donors (Lipinski definition) is 1. The average molecular weight is 264 g/mol. The minimum atomic E-state index is 0.226. The minimum absolute atomic E-state index is 0.226. The number of aryl methyl sites for hydroxylation is 1. The van der Waals surface area contributed by atoms with Crippen LogP contribution in [0.4, 0.5) is 0 Å². The summed E-state index contributed by atoms with van der Waals surface area (Å²) >= 11 is 0. The summed E-state index contributed by atoms with van der Waals surface area (Å²) in [7, 11) is 0. The van der Waals surface area contributed by atoms with Crippen LogP contribution in [-0.2, 0) is 11.3 Å². The van der Waals surface area contributed by atoms with Gasteiger partial charge in [-0.1, -0.05) is 0 Å². The molecule has 106 valence electrons. The molecule has 19 heavy (non-hydrogen) atoms.